The predicted molar refractivity (Wildman–Crippen MR) is 257 cm³/mol. The summed E-state index contributed by atoms with van der Waals surface area (Å²) >= 11 is 0. The highest BCUT2D eigenvalue weighted by Gasteiger charge is 2.41. The molecule has 4 nitrogen and oxygen atoms in total. The molecule has 8 rings (SSSR count). The molecule has 6 aromatic rings. The van der Waals surface area contributed by atoms with Gasteiger partial charge in [0.1, 0.15) is 11.6 Å². The molecule has 2 heterocycles. The fourth-order valence-corrected chi connectivity index (χ4v) is 11.0. The highest BCUT2D eigenvalue weighted by atomic mass is 19.4. The lowest BCUT2D eigenvalue weighted by atomic mass is 9.79. The van der Waals surface area contributed by atoms with Gasteiger partial charge in [-0.2, -0.15) is 23.7 Å². The highest BCUT2D eigenvalue weighted by Crippen LogP contribution is 2.59. The van der Waals surface area contributed by atoms with Crippen LogP contribution in [-0.4, -0.2) is 0 Å². The summed E-state index contributed by atoms with van der Waals surface area (Å²) in [6, 6.07) is 12.1. The van der Waals surface area contributed by atoms with Crippen molar-refractivity contribution in [1.82, 2.24) is 0 Å². The number of nitriles is 2. The molecule has 2 aliphatic heterocycles. The second-order valence-corrected chi connectivity index (χ2v) is 18.7. The number of alkyl halides is 3. The van der Waals surface area contributed by atoms with Gasteiger partial charge in [0, 0.05) is 18.4 Å². The summed E-state index contributed by atoms with van der Waals surface area (Å²) in [5.74, 6) is 0. The van der Waals surface area contributed by atoms with E-state index in [0.29, 0.717) is 17.8 Å². The van der Waals surface area contributed by atoms with Crippen LogP contribution in [0.15, 0.2) is 30.3 Å². The number of benzene rings is 6. The van der Waals surface area contributed by atoms with Crippen LogP contribution in [0.2, 0.25) is 0 Å². The lowest BCUT2D eigenvalue weighted by Crippen LogP contribution is -2.28. The summed E-state index contributed by atoms with van der Waals surface area (Å²) in [5.41, 5.74) is 27.0. The number of hydrogen-bond acceptors (Lipinski definition) is 4. The van der Waals surface area contributed by atoms with Gasteiger partial charge in [-0.3, -0.25) is 0 Å². The quantitative estimate of drug-likeness (QED) is 0.178. The fraction of sp³-hybridized carbons (Fsp3) is 0.333. The van der Waals surface area contributed by atoms with E-state index in [1.165, 1.54) is 67.8 Å². The minimum atomic E-state index is -4.80. The third-order valence-electron chi connectivity index (χ3n) is 16.2. The van der Waals surface area contributed by atoms with E-state index in [9.17, 15) is 10.5 Å². The van der Waals surface area contributed by atoms with Crippen LogP contribution in [0, 0.1) is 133 Å². The summed E-state index contributed by atoms with van der Waals surface area (Å²) in [4.78, 5) is 4.44. The fourth-order valence-electron chi connectivity index (χ4n) is 11.0. The van der Waals surface area contributed by atoms with Gasteiger partial charge in [-0.15, -0.1) is 0 Å². The van der Waals surface area contributed by atoms with Gasteiger partial charge in [-0.05, 0) is 246 Å². The molecule has 0 N–H and O–H groups in total. The smallest absolute Gasteiger partial charge is 0.308 e. The van der Waals surface area contributed by atoms with Crippen LogP contribution in [0.25, 0.3) is 11.1 Å². The summed E-state index contributed by atoms with van der Waals surface area (Å²) in [6.45, 7) is 34.3. The molecule has 0 saturated heterocycles. The molecule has 0 radical (unpaired) electrons. The molecule has 326 valence electrons. The predicted octanol–water partition coefficient (Wildman–Crippen LogP) is 15.8. The maximum absolute atomic E-state index is 15.5. The first-order chi connectivity index (χ1) is 30.0. The van der Waals surface area contributed by atoms with Gasteiger partial charge in [-0.1, -0.05) is 12.1 Å². The molecule has 0 bridgehead atoms. The summed E-state index contributed by atoms with van der Waals surface area (Å²) in [6.07, 6.45) is -3.44. The molecule has 0 saturated carbocycles. The van der Waals surface area contributed by atoms with Crippen LogP contribution in [0.3, 0.4) is 0 Å². The zero-order valence-corrected chi connectivity index (χ0v) is 40.2. The molecule has 0 aromatic heterocycles. The van der Waals surface area contributed by atoms with E-state index in [4.69, 9.17) is 0 Å². The molecule has 0 unspecified atom stereocenters. The molecule has 0 amide bonds. The van der Waals surface area contributed by atoms with Gasteiger partial charge in [0.2, 0.25) is 0 Å². The first kappa shape index (κ1) is 44.3. The van der Waals surface area contributed by atoms with Crippen molar-refractivity contribution in [3.63, 3.8) is 0 Å². The van der Waals surface area contributed by atoms with Crippen LogP contribution in [0.1, 0.15) is 128 Å². The minimum absolute atomic E-state index is 0.0897. The number of halogens is 3. The van der Waals surface area contributed by atoms with Gasteiger partial charge in [0.15, 0.2) is 0 Å². The molecule has 64 heavy (non-hydrogen) atoms. The third-order valence-corrected chi connectivity index (χ3v) is 16.2. The van der Waals surface area contributed by atoms with Crippen LogP contribution in [0.5, 0.6) is 0 Å². The van der Waals surface area contributed by atoms with Crippen molar-refractivity contribution < 1.29 is 13.2 Å². The lowest BCUT2D eigenvalue weighted by Gasteiger charge is -2.43. The normalized spacial score (nSPS) is 13.0. The number of fused-ring (bicyclic) bond motifs is 4. The van der Waals surface area contributed by atoms with Crippen molar-refractivity contribution in [2.24, 2.45) is 0 Å². The average molecular weight is 855 g/mol. The Morgan fingerprint density at radius 1 is 0.406 bits per heavy atom. The van der Waals surface area contributed by atoms with Crippen LogP contribution in [-0.2, 0) is 19.0 Å². The zero-order chi connectivity index (χ0) is 46.9. The molecule has 0 aliphatic carbocycles. The molecular weight excluding hydrogens is 798 g/mol. The molecule has 2 aliphatic rings. The van der Waals surface area contributed by atoms with Crippen LogP contribution < -0.4 is 9.80 Å². The van der Waals surface area contributed by atoms with Crippen molar-refractivity contribution in [1.29, 1.82) is 10.5 Å². The maximum Gasteiger partial charge on any atom is 0.417 e. The van der Waals surface area contributed by atoms with Gasteiger partial charge < -0.3 is 9.80 Å². The van der Waals surface area contributed by atoms with Gasteiger partial charge >= 0.3 is 6.18 Å². The van der Waals surface area contributed by atoms with Crippen LogP contribution >= 0.6 is 0 Å². The molecule has 0 fully saturated rings. The first-order valence-electron chi connectivity index (χ1n) is 22.2. The number of nitrogens with zero attached hydrogens (tertiary/aromatic N) is 4. The van der Waals surface area contributed by atoms with Gasteiger partial charge in [-0.25, -0.2) is 0 Å². The maximum atomic E-state index is 15.5. The Bertz CT molecular complexity index is 3050. The first-order valence-corrected chi connectivity index (χ1v) is 22.2. The number of anilines is 6. The highest BCUT2D eigenvalue weighted by molar-refractivity contribution is 6.02. The molecule has 7 heteroatoms. The van der Waals surface area contributed by atoms with Crippen molar-refractivity contribution in [2.45, 2.75) is 130 Å². The number of hydrogen-bond donors (Lipinski definition) is 0. The average Bonchev–Trinajstić information content (AvgIpc) is 3.28. The topological polar surface area (TPSA) is 54.1 Å². The SMILES string of the molecule is Cc1c(C)c(C)c2c(c1C)Cc1c(C)c(C)c(C)c(C)c1N2c1ccc(-c2ccc(C#N)cc2C(F)(F)F)c(N2c3c(C)c(C)c(C)c(C)c3Cc3c(C)c(C)c(C)c(C)c32)c1C#N. The summed E-state index contributed by atoms with van der Waals surface area (Å²) < 4.78 is 46.6. The molecule has 0 atom stereocenters. The Balaban J connectivity index is 1.66. The van der Waals surface area contributed by atoms with E-state index in [2.05, 4.69) is 127 Å². The monoisotopic (exact) mass is 854 g/mol. The van der Waals surface area contributed by atoms with E-state index in [0.717, 1.165) is 90.9 Å². The molecule has 6 aromatic carbocycles. The van der Waals surface area contributed by atoms with Crippen LogP contribution in [0.4, 0.5) is 47.3 Å². The van der Waals surface area contributed by atoms with Crippen molar-refractivity contribution in [3.8, 4) is 23.3 Å². The lowest BCUT2D eigenvalue weighted by molar-refractivity contribution is -0.137. The second kappa shape index (κ2) is 15.2. The van der Waals surface area contributed by atoms with E-state index in [1.54, 1.807) is 6.07 Å². The Hall–Kier alpha value is -6.31. The zero-order valence-electron chi connectivity index (χ0n) is 40.2. The Morgan fingerprint density at radius 3 is 1.09 bits per heavy atom. The van der Waals surface area contributed by atoms with Crippen molar-refractivity contribution in [2.75, 3.05) is 9.80 Å². The van der Waals surface area contributed by atoms with Crippen molar-refractivity contribution >= 4 is 34.1 Å². The van der Waals surface area contributed by atoms with Gasteiger partial charge in [0.25, 0.3) is 0 Å². The molecular formula is C57H57F3N4. The second-order valence-electron chi connectivity index (χ2n) is 18.7. The number of rotatable bonds is 3. The third kappa shape index (κ3) is 6.07. The Labute approximate surface area is 377 Å². The van der Waals surface area contributed by atoms with E-state index >= 15 is 13.2 Å². The standard InChI is InChI=1S/C57H57F3N4/c1-26-30(5)38(13)52-45(34(26)9)22-46-35(10)27(2)31(6)39(14)53(46)63(52)51-20-19-44(43-18-17-42(24-61)21-50(43)57(58,59)60)56(49(51)25-62)64-54-40(15)32(7)28(3)36(11)47(54)23-48-37(12)29(4)33(8)41(16)55(48)64/h17-21H,22-23H2,1-16H3. The largest absolute Gasteiger partial charge is 0.417 e. The minimum Gasteiger partial charge on any atom is -0.308 e. The van der Waals surface area contributed by atoms with E-state index in [1.807, 2.05) is 12.1 Å². The van der Waals surface area contributed by atoms with E-state index < -0.39 is 11.7 Å². The van der Waals surface area contributed by atoms with Crippen molar-refractivity contribution in [3.05, 3.63) is 158 Å². The van der Waals surface area contributed by atoms with Gasteiger partial charge in [0.05, 0.1) is 51.3 Å². The Kier molecular flexibility index (Phi) is 10.5. The summed E-state index contributed by atoms with van der Waals surface area (Å²) in [7, 11) is 0. The Morgan fingerprint density at radius 2 is 0.750 bits per heavy atom. The molecule has 0 spiro atoms. The van der Waals surface area contributed by atoms with E-state index in [-0.39, 0.29) is 22.3 Å². The summed E-state index contributed by atoms with van der Waals surface area (Å²) in [5, 5.41) is 21.9.